The van der Waals surface area contributed by atoms with E-state index in [1.165, 1.54) is 0 Å². The monoisotopic (exact) mass is 393 g/mol. The Balaban J connectivity index is 2.61. The Morgan fingerprint density at radius 2 is 1.93 bits per heavy atom. The van der Waals surface area contributed by atoms with Gasteiger partial charge in [0.2, 0.25) is 0 Å². The number of nitrogens with zero attached hydrogens (tertiary/aromatic N) is 1. The zero-order valence-electron chi connectivity index (χ0n) is 17.7. The minimum absolute atomic E-state index is 0.167. The highest BCUT2D eigenvalue weighted by molar-refractivity contribution is 5.79. The van der Waals surface area contributed by atoms with Gasteiger partial charge in [-0.05, 0) is 45.7 Å². The minimum atomic E-state index is -0.167. The number of aryl methyl sites for hydroxylation is 1. The van der Waals surface area contributed by atoms with Crippen LogP contribution in [-0.2, 0) is 20.8 Å². The lowest BCUT2D eigenvalue weighted by Crippen LogP contribution is -2.37. The van der Waals surface area contributed by atoms with Crippen molar-refractivity contribution in [3.05, 3.63) is 29.3 Å². The second kappa shape index (κ2) is 14.7. The number of hydrogen-bond donors (Lipinski definition) is 2. The maximum Gasteiger partial charge on any atom is 0.305 e. The molecule has 1 aromatic rings. The molecule has 0 fully saturated rings. The first-order valence-corrected chi connectivity index (χ1v) is 10.1. The van der Waals surface area contributed by atoms with Gasteiger partial charge in [-0.25, -0.2) is 4.99 Å². The number of esters is 1. The van der Waals surface area contributed by atoms with Gasteiger partial charge in [0.15, 0.2) is 5.96 Å². The molecule has 2 N–H and O–H groups in total. The summed E-state index contributed by atoms with van der Waals surface area (Å²) in [4.78, 5) is 16.0. The molecule has 28 heavy (non-hydrogen) atoms. The van der Waals surface area contributed by atoms with Crippen molar-refractivity contribution in [1.82, 2.24) is 10.6 Å². The molecule has 7 heteroatoms. The van der Waals surface area contributed by atoms with Crippen molar-refractivity contribution in [2.45, 2.75) is 47.1 Å². The zero-order chi connectivity index (χ0) is 20.6. The zero-order valence-corrected chi connectivity index (χ0v) is 17.7. The Bertz CT molecular complexity index is 605. The van der Waals surface area contributed by atoms with Crippen molar-refractivity contribution >= 4 is 11.9 Å². The molecule has 0 atom stereocenters. The number of carbonyl (C=O) groups is 1. The molecule has 0 saturated carbocycles. The van der Waals surface area contributed by atoms with Crippen LogP contribution >= 0.6 is 0 Å². The van der Waals surface area contributed by atoms with Crippen LogP contribution in [-0.4, -0.2) is 51.4 Å². The fourth-order valence-electron chi connectivity index (χ4n) is 2.46. The molecule has 0 saturated heterocycles. The van der Waals surface area contributed by atoms with E-state index >= 15 is 0 Å². The van der Waals surface area contributed by atoms with E-state index in [0.717, 1.165) is 23.4 Å². The first-order valence-electron chi connectivity index (χ1n) is 10.1. The molecule has 7 nitrogen and oxygen atoms in total. The van der Waals surface area contributed by atoms with Gasteiger partial charge >= 0.3 is 5.97 Å². The van der Waals surface area contributed by atoms with Gasteiger partial charge in [0, 0.05) is 31.7 Å². The van der Waals surface area contributed by atoms with E-state index in [9.17, 15) is 4.79 Å². The van der Waals surface area contributed by atoms with Crippen LogP contribution in [0.2, 0.25) is 0 Å². The summed E-state index contributed by atoms with van der Waals surface area (Å²) in [6.07, 6.45) is 1.09. The summed E-state index contributed by atoms with van der Waals surface area (Å²) >= 11 is 0. The number of aliphatic imine (C=N–C) groups is 1. The number of rotatable bonds is 13. The fraction of sp³-hybridized carbons (Fsp3) is 0.619. The third-order valence-corrected chi connectivity index (χ3v) is 3.82. The molecule has 0 heterocycles. The molecular formula is C21H35N3O4. The highest BCUT2D eigenvalue weighted by atomic mass is 16.5. The van der Waals surface area contributed by atoms with Gasteiger partial charge in [0.25, 0.3) is 0 Å². The Morgan fingerprint density at radius 1 is 1.11 bits per heavy atom. The second-order valence-corrected chi connectivity index (χ2v) is 6.19. The van der Waals surface area contributed by atoms with Gasteiger partial charge in [0.1, 0.15) is 12.4 Å². The maximum atomic E-state index is 11.4. The van der Waals surface area contributed by atoms with E-state index < -0.39 is 0 Å². The molecule has 0 amide bonds. The van der Waals surface area contributed by atoms with Crippen LogP contribution in [0.25, 0.3) is 0 Å². The van der Waals surface area contributed by atoms with E-state index in [4.69, 9.17) is 14.2 Å². The van der Waals surface area contributed by atoms with Crippen LogP contribution in [0.15, 0.2) is 23.2 Å². The van der Waals surface area contributed by atoms with Crippen LogP contribution in [0.5, 0.6) is 5.75 Å². The van der Waals surface area contributed by atoms with Crippen molar-refractivity contribution in [2.75, 3.05) is 39.5 Å². The van der Waals surface area contributed by atoms with Crippen LogP contribution in [0.1, 0.15) is 44.7 Å². The van der Waals surface area contributed by atoms with E-state index in [-0.39, 0.29) is 5.97 Å². The summed E-state index contributed by atoms with van der Waals surface area (Å²) in [5.41, 5.74) is 2.16. The summed E-state index contributed by atoms with van der Waals surface area (Å²) in [5.74, 6) is 1.38. The lowest BCUT2D eigenvalue weighted by Gasteiger charge is -2.13. The smallest absolute Gasteiger partial charge is 0.305 e. The van der Waals surface area contributed by atoms with Crippen molar-refractivity contribution in [3.8, 4) is 5.75 Å². The van der Waals surface area contributed by atoms with Crippen LogP contribution in [0.3, 0.4) is 0 Å². The van der Waals surface area contributed by atoms with E-state index in [2.05, 4.69) is 21.7 Å². The van der Waals surface area contributed by atoms with E-state index in [1.807, 2.05) is 39.8 Å². The molecule has 0 bridgehead atoms. The predicted molar refractivity (Wildman–Crippen MR) is 112 cm³/mol. The summed E-state index contributed by atoms with van der Waals surface area (Å²) in [6.45, 7) is 11.9. The molecule has 0 aliphatic carbocycles. The van der Waals surface area contributed by atoms with Gasteiger partial charge in [-0.1, -0.05) is 12.1 Å². The number of nitrogens with one attached hydrogen (secondary N) is 2. The first-order chi connectivity index (χ1) is 13.6. The summed E-state index contributed by atoms with van der Waals surface area (Å²) in [7, 11) is 0. The number of carbonyl (C=O) groups excluding carboxylic acids is 1. The minimum Gasteiger partial charge on any atom is -0.491 e. The van der Waals surface area contributed by atoms with E-state index in [0.29, 0.717) is 58.3 Å². The third-order valence-electron chi connectivity index (χ3n) is 3.82. The number of ether oxygens (including phenoxy) is 3. The highest BCUT2D eigenvalue weighted by Crippen LogP contribution is 2.21. The van der Waals surface area contributed by atoms with Crippen molar-refractivity contribution in [3.63, 3.8) is 0 Å². The number of guanidine groups is 1. The molecule has 0 aromatic heterocycles. The van der Waals surface area contributed by atoms with Gasteiger partial charge in [0.05, 0.1) is 19.8 Å². The fourth-order valence-corrected chi connectivity index (χ4v) is 2.46. The van der Waals surface area contributed by atoms with Crippen LogP contribution in [0, 0.1) is 6.92 Å². The molecule has 0 radical (unpaired) electrons. The highest BCUT2D eigenvalue weighted by Gasteiger charge is 2.06. The topological polar surface area (TPSA) is 81.2 Å². The molecule has 0 aliphatic heterocycles. The van der Waals surface area contributed by atoms with Crippen LogP contribution < -0.4 is 15.4 Å². The van der Waals surface area contributed by atoms with Gasteiger partial charge in [-0.15, -0.1) is 0 Å². The van der Waals surface area contributed by atoms with Crippen molar-refractivity contribution < 1.29 is 19.0 Å². The first kappa shape index (κ1) is 23.8. The molecule has 0 unspecified atom stereocenters. The second-order valence-electron chi connectivity index (χ2n) is 6.19. The van der Waals surface area contributed by atoms with Gasteiger partial charge in [-0.2, -0.15) is 0 Å². The van der Waals surface area contributed by atoms with Crippen molar-refractivity contribution in [2.24, 2.45) is 4.99 Å². The maximum absolute atomic E-state index is 11.4. The Labute approximate surface area is 168 Å². The normalized spacial score (nSPS) is 11.2. The molecule has 0 aliphatic rings. The quantitative estimate of drug-likeness (QED) is 0.232. The molecular weight excluding hydrogens is 358 g/mol. The summed E-state index contributed by atoms with van der Waals surface area (Å²) in [5, 5.41) is 6.47. The lowest BCUT2D eigenvalue weighted by molar-refractivity contribution is -0.143. The third kappa shape index (κ3) is 10.2. The standard InChI is InChI=1S/C21H35N3O4/c1-5-22-21(23-12-8-9-20(25)27-7-3)24-16-18-11-10-17(4)15-19(18)28-14-13-26-6-2/h10-11,15H,5-9,12-14,16H2,1-4H3,(H2,22,23,24). The van der Waals surface area contributed by atoms with Gasteiger partial charge < -0.3 is 24.8 Å². The average Bonchev–Trinajstić information content (AvgIpc) is 2.68. The predicted octanol–water partition coefficient (Wildman–Crippen LogP) is 2.81. The number of benzene rings is 1. The average molecular weight is 394 g/mol. The Kier molecular flexibility index (Phi) is 12.5. The molecule has 1 rings (SSSR count). The number of hydrogen-bond acceptors (Lipinski definition) is 5. The molecule has 1 aromatic carbocycles. The summed E-state index contributed by atoms with van der Waals surface area (Å²) < 4.78 is 16.1. The lowest BCUT2D eigenvalue weighted by atomic mass is 10.1. The largest absolute Gasteiger partial charge is 0.491 e. The summed E-state index contributed by atoms with van der Waals surface area (Å²) in [6, 6.07) is 6.12. The van der Waals surface area contributed by atoms with Crippen molar-refractivity contribution in [1.29, 1.82) is 0 Å². The Morgan fingerprint density at radius 3 is 2.64 bits per heavy atom. The SMILES string of the molecule is CCNC(=NCc1ccc(C)cc1OCCOCC)NCCCC(=O)OCC. The Hall–Kier alpha value is -2.28. The van der Waals surface area contributed by atoms with E-state index in [1.54, 1.807) is 0 Å². The molecule has 158 valence electrons. The van der Waals surface area contributed by atoms with Gasteiger partial charge in [-0.3, -0.25) is 4.79 Å². The molecule has 0 spiro atoms. The van der Waals surface area contributed by atoms with Crippen LogP contribution in [0.4, 0.5) is 0 Å².